The van der Waals surface area contributed by atoms with Crippen LogP contribution in [-0.2, 0) is 19.7 Å². The zero-order valence-corrected chi connectivity index (χ0v) is 14.0. The molecule has 1 N–H and O–H groups in total. The molecular weight excluding hydrogens is 320 g/mol. The predicted octanol–water partition coefficient (Wildman–Crippen LogP) is 4.60. The second-order valence-corrected chi connectivity index (χ2v) is 5.92. The summed E-state index contributed by atoms with van der Waals surface area (Å²) in [6, 6.07) is 19.9. The van der Waals surface area contributed by atoms with E-state index in [9.17, 15) is 0 Å². The van der Waals surface area contributed by atoms with E-state index >= 15 is 0 Å². The molecule has 0 bridgehead atoms. The minimum Gasteiger partial charge on any atom is -0.489 e. The van der Waals surface area contributed by atoms with Crippen LogP contribution < -0.4 is 10.1 Å². The van der Waals surface area contributed by atoms with Crippen molar-refractivity contribution >= 4 is 11.6 Å². The van der Waals surface area contributed by atoms with E-state index in [0.717, 1.165) is 23.4 Å². The van der Waals surface area contributed by atoms with Crippen LogP contribution in [-0.4, -0.2) is 4.98 Å². The lowest BCUT2D eigenvalue weighted by molar-refractivity contribution is 0.302. The van der Waals surface area contributed by atoms with E-state index in [2.05, 4.69) is 22.4 Å². The van der Waals surface area contributed by atoms with Gasteiger partial charge in [-0.05, 0) is 41.5 Å². The number of benzene rings is 2. The second kappa shape index (κ2) is 8.48. The highest BCUT2D eigenvalue weighted by Crippen LogP contribution is 2.24. The van der Waals surface area contributed by atoms with Gasteiger partial charge in [0.2, 0.25) is 0 Å². The topological polar surface area (TPSA) is 34.1 Å². The number of hydrogen-bond donors (Lipinski definition) is 1. The summed E-state index contributed by atoms with van der Waals surface area (Å²) in [5.41, 5.74) is 3.38. The first-order valence-corrected chi connectivity index (χ1v) is 8.24. The van der Waals surface area contributed by atoms with Gasteiger partial charge in [0.15, 0.2) is 0 Å². The van der Waals surface area contributed by atoms with Gasteiger partial charge in [-0.1, -0.05) is 41.9 Å². The lowest BCUT2D eigenvalue weighted by Gasteiger charge is -2.13. The molecule has 0 amide bonds. The maximum atomic E-state index is 6.14. The van der Waals surface area contributed by atoms with Gasteiger partial charge in [0.05, 0.1) is 0 Å². The molecule has 122 valence electrons. The van der Waals surface area contributed by atoms with Crippen LogP contribution in [0.15, 0.2) is 73.1 Å². The fraction of sp³-hybridized carbons (Fsp3) is 0.150. The van der Waals surface area contributed by atoms with E-state index in [1.807, 2.05) is 48.5 Å². The third kappa shape index (κ3) is 4.82. The Kier molecular flexibility index (Phi) is 5.83. The molecule has 1 aromatic heterocycles. The van der Waals surface area contributed by atoms with Crippen molar-refractivity contribution in [1.29, 1.82) is 0 Å². The molecule has 0 unspecified atom stereocenters. The SMILES string of the molecule is Clc1ccc(OCc2ccccc2)c(CNCc2ccncc2)c1. The Bertz CT molecular complexity index is 763. The Labute approximate surface area is 147 Å². The molecule has 0 saturated carbocycles. The molecule has 0 fully saturated rings. The van der Waals surface area contributed by atoms with Crippen molar-refractivity contribution < 1.29 is 4.74 Å². The summed E-state index contributed by atoms with van der Waals surface area (Å²) >= 11 is 6.14. The van der Waals surface area contributed by atoms with Crippen LogP contribution in [0.25, 0.3) is 0 Å². The summed E-state index contributed by atoms with van der Waals surface area (Å²) in [6.45, 7) is 2.00. The number of pyridine rings is 1. The number of halogens is 1. The predicted molar refractivity (Wildman–Crippen MR) is 97.0 cm³/mol. The first-order chi connectivity index (χ1) is 11.8. The summed E-state index contributed by atoms with van der Waals surface area (Å²) < 4.78 is 5.97. The summed E-state index contributed by atoms with van der Waals surface area (Å²) in [4.78, 5) is 4.03. The van der Waals surface area contributed by atoms with Gasteiger partial charge in [-0.15, -0.1) is 0 Å². The highest BCUT2D eigenvalue weighted by Gasteiger charge is 2.05. The molecule has 24 heavy (non-hydrogen) atoms. The van der Waals surface area contributed by atoms with Crippen LogP contribution in [0.3, 0.4) is 0 Å². The van der Waals surface area contributed by atoms with Crippen LogP contribution in [0.5, 0.6) is 5.75 Å². The van der Waals surface area contributed by atoms with Crippen molar-refractivity contribution in [3.63, 3.8) is 0 Å². The van der Waals surface area contributed by atoms with Crippen molar-refractivity contribution in [2.24, 2.45) is 0 Å². The molecular formula is C20H19ClN2O. The lowest BCUT2D eigenvalue weighted by Crippen LogP contribution is -2.13. The van der Waals surface area contributed by atoms with Crippen LogP contribution in [0.4, 0.5) is 0 Å². The van der Waals surface area contributed by atoms with Crippen molar-refractivity contribution in [2.45, 2.75) is 19.7 Å². The summed E-state index contributed by atoms with van der Waals surface area (Å²) in [6.07, 6.45) is 3.59. The molecule has 0 spiro atoms. The van der Waals surface area contributed by atoms with E-state index in [-0.39, 0.29) is 0 Å². The fourth-order valence-corrected chi connectivity index (χ4v) is 2.60. The van der Waals surface area contributed by atoms with E-state index in [4.69, 9.17) is 16.3 Å². The molecule has 0 saturated heterocycles. The van der Waals surface area contributed by atoms with E-state index in [0.29, 0.717) is 18.2 Å². The smallest absolute Gasteiger partial charge is 0.124 e. The summed E-state index contributed by atoms with van der Waals surface area (Å²) in [5, 5.41) is 4.13. The normalized spacial score (nSPS) is 10.5. The highest BCUT2D eigenvalue weighted by atomic mass is 35.5. The van der Waals surface area contributed by atoms with E-state index < -0.39 is 0 Å². The van der Waals surface area contributed by atoms with Crippen molar-refractivity contribution in [1.82, 2.24) is 10.3 Å². The molecule has 3 nitrogen and oxygen atoms in total. The average Bonchev–Trinajstić information content (AvgIpc) is 2.63. The molecule has 3 aromatic rings. The third-order valence-electron chi connectivity index (χ3n) is 3.65. The minimum atomic E-state index is 0.541. The van der Waals surface area contributed by atoms with Crippen LogP contribution in [0, 0.1) is 0 Å². The molecule has 0 atom stereocenters. The first kappa shape index (κ1) is 16.5. The molecule has 4 heteroatoms. The molecule has 1 heterocycles. The van der Waals surface area contributed by atoms with Crippen LogP contribution >= 0.6 is 11.6 Å². The number of nitrogens with one attached hydrogen (secondary N) is 1. The molecule has 0 aliphatic heterocycles. The number of hydrogen-bond acceptors (Lipinski definition) is 3. The highest BCUT2D eigenvalue weighted by molar-refractivity contribution is 6.30. The molecule has 0 aliphatic rings. The lowest BCUT2D eigenvalue weighted by atomic mass is 10.2. The second-order valence-electron chi connectivity index (χ2n) is 5.49. The summed E-state index contributed by atoms with van der Waals surface area (Å²) in [5.74, 6) is 0.852. The fourth-order valence-electron chi connectivity index (χ4n) is 2.40. The van der Waals surface area contributed by atoms with E-state index in [1.165, 1.54) is 5.56 Å². The van der Waals surface area contributed by atoms with Gasteiger partial charge in [-0.2, -0.15) is 0 Å². The standard InChI is InChI=1S/C20H19ClN2O/c21-19-6-7-20(24-15-17-4-2-1-3-5-17)18(12-19)14-23-13-16-8-10-22-11-9-16/h1-12,23H,13-15H2. The van der Waals surface area contributed by atoms with Crippen molar-refractivity contribution in [2.75, 3.05) is 0 Å². The molecule has 2 aromatic carbocycles. The van der Waals surface area contributed by atoms with Crippen LogP contribution in [0.2, 0.25) is 5.02 Å². The average molecular weight is 339 g/mol. The third-order valence-corrected chi connectivity index (χ3v) is 3.89. The maximum absolute atomic E-state index is 6.14. The molecule has 0 aliphatic carbocycles. The Balaban J connectivity index is 1.62. The number of rotatable bonds is 7. The Morgan fingerprint density at radius 2 is 1.67 bits per heavy atom. The van der Waals surface area contributed by atoms with E-state index in [1.54, 1.807) is 12.4 Å². The van der Waals surface area contributed by atoms with Gasteiger partial charge in [0.1, 0.15) is 12.4 Å². The minimum absolute atomic E-state index is 0.541. The maximum Gasteiger partial charge on any atom is 0.124 e. The number of aromatic nitrogens is 1. The Morgan fingerprint density at radius 3 is 2.46 bits per heavy atom. The first-order valence-electron chi connectivity index (χ1n) is 7.86. The Hall–Kier alpha value is -2.36. The number of ether oxygens (including phenoxy) is 1. The van der Waals surface area contributed by atoms with Gasteiger partial charge < -0.3 is 10.1 Å². The van der Waals surface area contributed by atoms with Crippen molar-refractivity contribution in [3.05, 3.63) is 94.8 Å². The Morgan fingerprint density at radius 1 is 0.875 bits per heavy atom. The van der Waals surface area contributed by atoms with Gasteiger partial charge in [0, 0.05) is 36.1 Å². The van der Waals surface area contributed by atoms with Gasteiger partial charge in [-0.25, -0.2) is 0 Å². The van der Waals surface area contributed by atoms with Crippen LogP contribution in [0.1, 0.15) is 16.7 Å². The number of nitrogens with zero attached hydrogens (tertiary/aromatic N) is 1. The van der Waals surface area contributed by atoms with Gasteiger partial charge in [0.25, 0.3) is 0 Å². The van der Waals surface area contributed by atoms with Gasteiger partial charge in [-0.3, -0.25) is 4.98 Å². The zero-order valence-electron chi connectivity index (χ0n) is 13.3. The van der Waals surface area contributed by atoms with Gasteiger partial charge >= 0.3 is 0 Å². The monoisotopic (exact) mass is 338 g/mol. The van der Waals surface area contributed by atoms with Crippen molar-refractivity contribution in [3.8, 4) is 5.75 Å². The quantitative estimate of drug-likeness (QED) is 0.683. The largest absolute Gasteiger partial charge is 0.489 e. The zero-order chi connectivity index (χ0) is 16.6. The summed E-state index contributed by atoms with van der Waals surface area (Å²) in [7, 11) is 0. The molecule has 3 rings (SSSR count). The molecule has 0 radical (unpaired) electrons.